The lowest BCUT2D eigenvalue weighted by molar-refractivity contribution is -0.386. The molecule has 0 unspecified atom stereocenters. The van der Waals surface area contributed by atoms with E-state index in [0.717, 1.165) is 13.1 Å². The van der Waals surface area contributed by atoms with Crippen LogP contribution in [0.25, 0.3) is 0 Å². The summed E-state index contributed by atoms with van der Waals surface area (Å²) >= 11 is 0. The second-order valence-electron chi connectivity index (χ2n) is 4.22. The summed E-state index contributed by atoms with van der Waals surface area (Å²) in [5.41, 5.74) is -0.789. The molecule has 1 aromatic rings. The zero-order valence-electron chi connectivity index (χ0n) is 9.89. The molecule has 94 valence electrons. The van der Waals surface area contributed by atoms with Crippen molar-refractivity contribution in [3.05, 3.63) is 34.4 Å². The van der Waals surface area contributed by atoms with Gasteiger partial charge in [0.05, 0.1) is 4.92 Å². The average molecular weight is 246 g/mol. The third-order valence-electron chi connectivity index (χ3n) is 3.04. The van der Waals surface area contributed by atoms with Crippen LogP contribution in [-0.4, -0.2) is 23.6 Å². The summed E-state index contributed by atoms with van der Waals surface area (Å²) in [6.07, 6.45) is 6.84. The maximum absolute atomic E-state index is 10.9. The molecule has 0 aliphatic carbocycles. The molecule has 2 rings (SSSR count). The molecule has 5 nitrogen and oxygen atoms in total. The number of hydrogen-bond donors (Lipinski definition) is 1. The summed E-state index contributed by atoms with van der Waals surface area (Å²) in [5, 5.41) is 14.1. The first-order chi connectivity index (χ1) is 8.67. The van der Waals surface area contributed by atoms with Crippen molar-refractivity contribution in [2.75, 3.05) is 13.1 Å². The number of benzene rings is 1. The van der Waals surface area contributed by atoms with Gasteiger partial charge in [-0.3, -0.25) is 10.1 Å². The van der Waals surface area contributed by atoms with E-state index in [1.54, 1.807) is 18.2 Å². The highest BCUT2D eigenvalue weighted by atomic mass is 16.6. The van der Waals surface area contributed by atoms with E-state index in [-0.39, 0.29) is 11.4 Å². The fraction of sp³-hybridized carbons (Fsp3) is 0.385. The smallest absolute Gasteiger partial charge is 0.310 e. The van der Waals surface area contributed by atoms with Crippen LogP contribution >= 0.6 is 0 Å². The van der Waals surface area contributed by atoms with E-state index in [4.69, 9.17) is 11.2 Å². The Morgan fingerprint density at radius 2 is 2.06 bits per heavy atom. The largest absolute Gasteiger partial charge is 0.467 e. The zero-order chi connectivity index (χ0) is 13.0. The second kappa shape index (κ2) is 5.07. The molecule has 0 radical (unpaired) electrons. The number of nitrogens with zero attached hydrogens (tertiary/aromatic N) is 1. The van der Waals surface area contributed by atoms with Gasteiger partial charge in [-0.25, -0.2) is 0 Å². The standard InChI is InChI=1S/C13H14N2O3/c1-2-13(7-9-14-10-8-13)18-12-6-4-3-5-11(12)15(16)17/h1,3-6,14H,7-10H2. The Labute approximate surface area is 105 Å². The van der Waals surface area contributed by atoms with Gasteiger partial charge >= 0.3 is 5.69 Å². The number of rotatable bonds is 3. The number of nitro benzene ring substituents is 1. The van der Waals surface area contributed by atoms with Crippen LogP contribution in [0, 0.1) is 22.5 Å². The molecule has 1 heterocycles. The van der Waals surface area contributed by atoms with Gasteiger partial charge in [-0.2, -0.15) is 0 Å². The summed E-state index contributed by atoms with van der Waals surface area (Å²) in [7, 11) is 0. The summed E-state index contributed by atoms with van der Waals surface area (Å²) < 4.78 is 5.77. The Morgan fingerprint density at radius 1 is 1.39 bits per heavy atom. The molecule has 5 heteroatoms. The number of nitrogens with one attached hydrogen (secondary N) is 1. The molecule has 1 aliphatic heterocycles. The molecule has 0 atom stereocenters. The SMILES string of the molecule is C#CC1(Oc2ccccc2[N+](=O)[O-])CCNCC1. The van der Waals surface area contributed by atoms with Crippen molar-refractivity contribution in [1.82, 2.24) is 5.32 Å². The lowest BCUT2D eigenvalue weighted by Crippen LogP contribution is -2.45. The molecule has 1 N–H and O–H groups in total. The van der Waals surface area contributed by atoms with Crippen LogP contribution in [0.15, 0.2) is 24.3 Å². The minimum Gasteiger partial charge on any atom is -0.467 e. The summed E-state index contributed by atoms with van der Waals surface area (Å²) in [6.45, 7) is 1.51. The highest BCUT2D eigenvalue weighted by Crippen LogP contribution is 2.32. The Balaban J connectivity index is 2.27. The summed E-state index contributed by atoms with van der Waals surface area (Å²) in [5.74, 6) is 2.89. The van der Waals surface area contributed by atoms with E-state index in [1.165, 1.54) is 6.07 Å². The van der Waals surface area contributed by atoms with Gasteiger partial charge < -0.3 is 10.1 Å². The summed E-state index contributed by atoms with van der Waals surface area (Å²) in [6, 6.07) is 6.31. The normalized spacial score (nSPS) is 17.7. The van der Waals surface area contributed by atoms with Crippen molar-refractivity contribution in [2.45, 2.75) is 18.4 Å². The predicted octanol–water partition coefficient (Wildman–Crippen LogP) is 1.73. The Morgan fingerprint density at radius 3 is 2.67 bits per heavy atom. The third kappa shape index (κ3) is 2.44. The molecule has 1 fully saturated rings. The van der Waals surface area contributed by atoms with Crippen molar-refractivity contribution >= 4 is 5.69 Å². The van der Waals surface area contributed by atoms with E-state index >= 15 is 0 Å². The van der Waals surface area contributed by atoms with Gasteiger partial charge in [0.15, 0.2) is 11.4 Å². The fourth-order valence-electron chi connectivity index (χ4n) is 2.01. The van der Waals surface area contributed by atoms with Gasteiger partial charge in [-0.1, -0.05) is 18.1 Å². The van der Waals surface area contributed by atoms with E-state index < -0.39 is 10.5 Å². The van der Waals surface area contributed by atoms with E-state index in [2.05, 4.69) is 11.2 Å². The number of piperidine rings is 1. The predicted molar refractivity (Wildman–Crippen MR) is 67.4 cm³/mol. The van der Waals surface area contributed by atoms with E-state index in [9.17, 15) is 10.1 Å². The number of hydrogen-bond acceptors (Lipinski definition) is 4. The Kier molecular flexibility index (Phi) is 3.49. The average Bonchev–Trinajstić information content (AvgIpc) is 2.40. The highest BCUT2D eigenvalue weighted by Gasteiger charge is 2.34. The zero-order valence-corrected chi connectivity index (χ0v) is 9.89. The molecule has 1 saturated heterocycles. The lowest BCUT2D eigenvalue weighted by Gasteiger charge is -2.33. The number of para-hydroxylation sites is 2. The van der Waals surface area contributed by atoms with Gasteiger partial charge in [0.25, 0.3) is 0 Å². The molecule has 0 bridgehead atoms. The lowest BCUT2D eigenvalue weighted by atomic mass is 9.93. The van der Waals surface area contributed by atoms with Crippen molar-refractivity contribution in [3.8, 4) is 18.1 Å². The minimum absolute atomic E-state index is 0.0503. The minimum atomic E-state index is -0.739. The third-order valence-corrected chi connectivity index (χ3v) is 3.04. The maximum atomic E-state index is 10.9. The van der Waals surface area contributed by atoms with Crippen LogP contribution in [0.5, 0.6) is 5.75 Å². The molecule has 1 aliphatic rings. The number of ether oxygens (including phenoxy) is 1. The topological polar surface area (TPSA) is 64.4 Å². The second-order valence-corrected chi connectivity index (χ2v) is 4.22. The van der Waals surface area contributed by atoms with Crippen LogP contribution in [0.2, 0.25) is 0 Å². The monoisotopic (exact) mass is 246 g/mol. The van der Waals surface area contributed by atoms with Crippen molar-refractivity contribution < 1.29 is 9.66 Å². The van der Waals surface area contributed by atoms with Crippen LogP contribution < -0.4 is 10.1 Å². The van der Waals surface area contributed by atoms with Gasteiger partial charge in [0.2, 0.25) is 0 Å². The number of nitro groups is 1. The van der Waals surface area contributed by atoms with E-state index in [0.29, 0.717) is 12.8 Å². The van der Waals surface area contributed by atoms with Crippen LogP contribution in [-0.2, 0) is 0 Å². The molecule has 0 aromatic heterocycles. The van der Waals surface area contributed by atoms with Gasteiger partial charge in [0, 0.05) is 18.9 Å². The first kappa shape index (κ1) is 12.4. The molecular formula is C13H14N2O3. The van der Waals surface area contributed by atoms with Crippen LogP contribution in [0.1, 0.15) is 12.8 Å². The number of terminal acetylenes is 1. The summed E-state index contributed by atoms with van der Waals surface area (Å²) in [4.78, 5) is 10.5. The quantitative estimate of drug-likeness (QED) is 0.501. The molecule has 18 heavy (non-hydrogen) atoms. The van der Waals surface area contributed by atoms with Gasteiger partial charge in [0.1, 0.15) is 0 Å². The van der Waals surface area contributed by atoms with E-state index in [1.807, 2.05) is 0 Å². The van der Waals surface area contributed by atoms with Crippen molar-refractivity contribution in [2.24, 2.45) is 0 Å². The molecule has 0 saturated carbocycles. The first-order valence-corrected chi connectivity index (χ1v) is 5.78. The van der Waals surface area contributed by atoms with Crippen molar-refractivity contribution in [3.63, 3.8) is 0 Å². The van der Waals surface area contributed by atoms with Crippen LogP contribution in [0.4, 0.5) is 5.69 Å². The Bertz CT molecular complexity index is 487. The molecule has 1 aromatic carbocycles. The molecular weight excluding hydrogens is 232 g/mol. The molecule has 0 amide bonds. The van der Waals surface area contributed by atoms with Gasteiger partial charge in [-0.15, -0.1) is 6.42 Å². The first-order valence-electron chi connectivity index (χ1n) is 5.78. The maximum Gasteiger partial charge on any atom is 0.310 e. The van der Waals surface area contributed by atoms with Crippen LogP contribution in [0.3, 0.4) is 0 Å². The highest BCUT2D eigenvalue weighted by molar-refractivity contribution is 5.46. The van der Waals surface area contributed by atoms with Crippen molar-refractivity contribution in [1.29, 1.82) is 0 Å². The fourth-order valence-corrected chi connectivity index (χ4v) is 2.01. The Hall–Kier alpha value is -2.06. The van der Waals surface area contributed by atoms with Gasteiger partial charge in [-0.05, 0) is 19.2 Å². The molecule has 0 spiro atoms.